The fourth-order valence-electron chi connectivity index (χ4n) is 3.59. The minimum Gasteiger partial charge on any atom is -0.386 e. The second-order valence-corrected chi connectivity index (χ2v) is 8.07. The van der Waals surface area contributed by atoms with Gasteiger partial charge in [-0.25, -0.2) is 8.78 Å². The van der Waals surface area contributed by atoms with E-state index in [9.17, 15) is 18.4 Å². The van der Waals surface area contributed by atoms with Gasteiger partial charge in [-0.2, -0.15) is 0 Å². The molecule has 1 saturated heterocycles. The van der Waals surface area contributed by atoms with Gasteiger partial charge in [0.2, 0.25) is 0 Å². The first kappa shape index (κ1) is 25.0. The lowest BCUT2D eigenvalue weighted by Crippen LogP contribution is -2.53. The lowest BCUT2D eigenvalue weighted by molar-refractivity contribution is -0.127. The minimum atomic E-state index is -0.807. The van der Waals surface area contributed by atoms with Crippen LogP contribution < -0.4 is 16.6 Å². The molecule has 13 heteroatoms. The third kappa shape index (κ3) is 6.67. The molecule has 1 atom stereocenters. The molecule has 180 valence electrons. The highest BCUT2D eigenvalue weighted by Gasteiger charge is 2.30. The number of ether oxygens (including phenoxy) is 1. The van der Waals surface area contributed by atoms with Gasteiger partial charge in [0.25, 0.3) is 11.8 Å². The summed E-state index contributed by atoms with van der Waals surface area (Å²) in [7, 11) is 0. The van der Waals surface area contributed by atoms with Crippen molar-refractivity contribution in [3.8, 4) is 0 Å². The van der Waals surface area contributed by atoms with Crippen LogP contribution in [0.15, 0.2) is 17.1 Å². The van der Waals surface area contributed by atoms with Crippen molar-refractivity contribution in [3.63, 3.8) is 0 Å². The number of amides is 2. The molecule has 1 aromatic rings. The van der Waals surface area contributed by atoms with E-state index in [1.54, 1.807) is 4.90 Å². The normalized spacial score (nSPS) is 19.6. The summed E-state index contributed by atoms with van der Waals surface area (Å²) >= 11 is 5.94. The average Bonchev–Trinajstić information content (AvgIpc) is 2.80. The fraction of sp³-hybridized carbons (Fsp3) is 0.500. The molecule has 3 rings (SSSR count). The Balaban J connectivity index is 1.57. The zero-order valence-electron chi connectivity index (χ0n) is 17.9. The van der Waals surface area contributed by atoms with Crippen molar-refractivity contribution in [3.05, 3.63) is 34.4 Å². The molecule has 10 nitrogen and oxygen atoms in total. The lowest BCUT2D eigenvalue weighted by atomic mass is 10.0. The van der Waals surface area contributed by atoms with Crippen molar-refractivity contribution in [2.24, 2.45) is 10.7 Å². The SMILES string of the molecule is N=C(CC1C(N)=NCCN1Cc1c(F)ccc(F)c1Cl)C(=O)NNC(=O)CN1CCOCC1. The number of nitrogens with two attached hydrogens (primary N) is 1. The van der Waals surface area contributed by atoms with Gasteiger partial charge in [-0.15, -0.1) is 0 Å². The van der Waals surface area contributed by atoms with Gasteiger partial charge in [-0.05, 0) is 12.1 Å². The number of amidine groups is 1. The summed E-state index contributed by atoms with van der Waals surface area (Å²) in [5.41, 5.74) is 10.1. The number of aliphatic imine (C=N–C) groups is 1. The Labute approximate surface area is 194 Å². The Kier molecular flexibility index (Phi) is 8.67. The van der Waals surface area contributed by atoms with E-state index in [4.69, 9.17) is 27.5 Å². The molecule has 33 heavy (non-hydrogen) atoms. The van der Waals surface area contributed by atoms with Crippen LogP contribution in [0.5, 0.6) is 0 Å². The first-order valence-corrected chi connectivity index (χ1v) is 10.8. The highest BCUT2D eigenvalue weighted by Crippen LogP contribution is 2.26. The number of halogens is 3. The third-order valence-electron chi connectivity index (χ3n) is 5.42. The van der Waals surface area contributed by atoms with E-state index in [1.807, 2.05) is 4.90 Å². The van der Waals surface area contributed by atoms with Crippen LogP contribution >= 0.6 is 11.6 Å². The van der Waals surface area contributed by atoms with Crippen LogP contribution in [0.25, 0.3) is 0 Å². The van der Waals surface area contributed by atoms with Crippen molar-refractivity contribution < 1.29 is 23.1 Å². The van der Waals surface area contributed by atoms with Crippen LogP contribution in [0.4, 0.5) is 8.78 Å². The number of hydrogen-bond donors (Lipinski definition) is 4. The van der Waals surface area contributed by atoms with Crippen molar-refractivity contribution in [2.45, 2.75) is 19.0 Å². The van der Waals surface area contributed by atoms with Gasteiger partial charge in [-0.3, -0.25) is 40.6 Å². The van der Waals surface area contributed by atoms with Crippen LogP contribution in [0.1, 0.15) is 12.0 Å². The summed E-state index contributed by atoms with van der Waals surface area (Å²) in [6, 6.07) is 1.24. The van der Waals surface area contributed by atoms with Gasteiger partial charge >= 0.3 is 0 Å². The summed E-state index contributed by atoms with van der Waals surface area (Å²) in [5.74, 6) is -2.48. The Bertz CT molecular complexity index is 940. The number of hydrazine groups is 1. The minimum absolute atomic E-state index is 0.0391. The summed E-state index contributed by atoms with van der Waals surface area (Å²) in [4.78, 5) is 32.1. The Morgan fingerprint density at radius 1 is 1.21 bits per heavy atom. The molecule has 0 saturated carbocycles. The molecule has 0 radical (unpaired) electrons. The number of carbonyl (C=O) groups is 2. The zero-order chi connectivity index (χ0) is 24.0. The number of nitrogens with zero attached hydrogens (tertiary/aromatic N) is 3. The smallest absolute Gasteiger partial charge is 0.283 e. The topological polar surface area (TPSA) is 136 Å². The Morgan fingerprint density at radius 2 is 1.91 bits per heavy atom. The van der Waals surface area contributed by atoms with E-state index in [2.05, 4.69) is 15.8 Å². The van der Waals surface area contributed by atoms with E-state index in [1.165, 1.54) is 0 Å². The molecule has 0 bridgehead atoms. The predicted octanol–water partition coefficient (Wildman–Crippen LogP) is 0.0491. The third-order valence-corrected chi connectivity index (χ3v) is 5.83. The maximum absolute atomic E-state index is 14.2. The second kappa shape index (κ2) is 11.5. The molecule has 1 unspecified atom stereocenters. The number of nitrogens with one attached hydrogen (secondary N) is 3. The largest absolute Gasteiger partial charge is 0.386 e. The lowest BCUT2D eigenvalue weighted by Gasteiger charge is -2.34. The fourth-order valence-corrected chi connectivity index (χ4v) is 3.80. The van der Waals surface area contributed by atoms with Crippen LogP contribution in [0, 0.1) is 17.0 Å². The molecule has 0 aromatic heterocycles. The van der Waals surface area contributed by atoms with Gasteiger partial charge in [0.15, 0.2) is 0 Å². The molecular weight excluding hydrogens is 460 g/mol. The molecule has 2 aliphatic heterocycles. The van der Waals surface area contributed by atoms with E-state index in [0.29, 0.717) is 39.4 Å². The highest BCUT2D eigenvalue weighted by atomic mass is 35.5. The summed E-state index contributed by atoms with van der Waals surface area (Å²) in [5, 5.41) is 7.79. The van der Waals surface area contributed by atoms with Crippen LogP contribution in [0.3, 0.4) is 0 Å². The van der Waals surface area contributed by atoms with Gasteiger partial charge < -0.3 is 10.5 Å². The monoisotopic (exact) mass is 485 g/mol. The second-order valence-electron chi connectivity index (χ2n) is 7.69. The van der Waals surface area contributed by atoms with Crippen molar-refractivity contribution >= 4 is 35.0 Å². The summed E-state index contributed by atoms with van der Waals surface area (Å²) in [6.45, 7) is 3.00. The van der Waals surface area contributed by atoms with Crippen molar-refractivity contribution in [1.82, 2.24) is 20.7 Å². The van der Waals surface area contributed by atoms with Crippen molar-refractivity contribution in [2.75, 3.05) is 45.9 Å². The van der Waals surface area contributed by atoms with E-state index < -0.39 is 29.5 Å². The summed E-state index contributed by atoms with van der Waals surface area (Å²) < 4.78 is 33.3. The zero-order valence-corrected chi connectivity index (χ0v) is 18.6. The van der Waals surface area contributed by atoms with Gasteiger partial charge in [0, 0.05) is 38.2 Å². The summed E-state index contributed by atoms with van der Waals surface area (Å²) in [6.07, 6.45) is -0.144. The van der Waals surface area contributed by atoms with Crippen LogP contribution in [-0.2, 0) is 20.9 Å². The highest BCUT2D eigenvalue weighted by molar-refractivity contribution is 6.38. The number of morpholine rings is 1. The van der Waals surface area contributed by atoms with E-state index in [-0.39, 0.29) is 41.6 Å². The number of rotatable bonds is 7. The maximum Gasteiger partial charge on any atom is 0.283 e. The molecule has 1 aromatic carbocycles. The molecule has 2 amide bonds. The van der Waals surface area contributed by atoms with Gasteiger partial charge in [0.05, 0.1) is 43.1 Å². The molecule has 2 aliphatic rings. The van der Waals surface area contributed by atoms with Crippen molar-refractivity contribution in [1.29, 1.82) is 5.41 Å². The van der Waals surface area contributed by atoms with Gasteiger partial charge in [-0.1, -0.05) is 11.6 Å². The molecule has 0 spiro atoms. The number of carbonyl (C=O) groups excluding carboxylic acids is 2. The standard InChI is InChI=1S/C20H26ClF2N7O3/c21-18-12(13(22)1-2-14(18)23)10-30-4-3-26-19(25)16(30)9-15(24)20(32)28-27-17(31)11-29-5-7-33-8-6-29/h1-2,16,24H,3-11H2,(H2,25,26)(H,27,31)(H,28,32). The average molecular weight is 486 g/mol. The van der Waals surface area contributed by atoms with E-state index in [0.717, 1.165) is 12.1 Å². The van der Waals surface area contributed by atoms with Crippen LogP contribution in [0.2, 0.25) is 5.02 Å². The Morgan fingerprint density at radius 3 is 2.64 bits per heavy atom. The molecule has 2 heterocycles. The maximum atomic E-state index is 14.2. The van der Waals surface area contributed by atoms with Crippen LogP contribution in [-0.4, -0.2) is 85.1 Å². The first-order valence-electron chi connectivity index (χ1n) is 10.4. The molecule has 5 N–H and O–H groups in total. The number of benzene rings is 1. The molecule has 0 aliphatic carbocycles. The molecule has 1 fully saturated rings. The predicted molar refractivity (Wildman–Crippen MR) is 118 cm³/mol. The Hall–Kier alpha value is -2.67. The quantitative estimate of drug-likeness (QED) is 0.245. The van der Waals surface area contributed by atoms with E-state index >= 15 is 0 Å². The van der Waals surface area contributed by atoms with Gasteiger partial charge in [0.1, 0.15) is 17.5 Å². The molecular formula is C20H26ClF2N7O3. The first-order chi connectivity index (χ1) is 15.8. The number of hydrogen-bond acceptors (Lipinski definition) is 8.